The number of hydrogen-bond acceptors (Lipinski definition) is 4. The van der Waals surface area contributed by atoms with E-state index in [0.29, 0.717) is 18.8 Å². The minimum Gasteiger partial charge on any atom is -0.484 e. The van der Waals surface area contributed by atoms with Crippen LogP contribution in [0, 0.1) is 5.92 Å². The van der Waals surface area contributed by atoms with Gasteiger partial charge in [-0.3, -0.25) is 9.59 Å². The summed E-state index contributed by atoms with van der Waals surface area (Å²) in [6, 6.07) is 9.37. The maximum Gasteiger partial charge on any atom is 0.260 e. The van der Waals surface area contributed by atoms with Crippen LogP contribution in [0.2, 0.25) is 0 Å². The predicted octanol–water partition coefficient (Wildman–Crippen LogP) is 1.47. The number of likely N-dealkylation sites (N-methyl/N-ethyl adjacent to an activating group) is 1. The van der Waals surface area contributed by atoms with E-state index < -0.39 is 0 Å². The van der Waals surface area contributed by atoms with Crippen molar-refractivity contribution in [1.29, 1.82) is 0 Å². The molecule has 1 aromatic carbocycles. The normalized spacial score (nSPS) is 19.4. The maximum absolute atomic E-state index is 12.7. The van der Waals surface area contributed by atoms with Crippen LogP contribution in [-0.4, -0.2) is 78.9 Å². The lowest BCUT2D eigenvalue weighted by molar-refractivity contribution is -0.142. The molecule has 6 heteroatoms. The van der Waals surface area contributed by atoms with Gasteiger partial charge in [0.2, 0.25) is 5.91 Å². The summed E-state index contributed by atoms with van der Waals surface area (Å²) in [6.07, 6.45) is 1.51. The minimum absolute atomic E-state index is 0.00341. The summed E-state index contributed by atoms with van der Waals surface area (Å²) in [6.45, 7) is 8.14. The molecule has 0 aliphatic carbocycles. The highest BCUT2D eigenvalue weighted by molar-refractivity contribution is 5.80. The topological polar surface area (TPSA) is 53.1 Å². The molecule has 0 spiro atoms. The zero-order chi connectivity index (χ0) is 18.4. The molecular formula is C20H29N3O3. The van der Waals surface area contributed by atoms with Crippen LogP contribution in [0.25, 0.3) is 0 Å². The molecular weight excluding hydrogens is 330 g/mol. The molecule has 0 aromatic heterocycles. The molecule has 3 rings (SSSR count). The van der Waals surface area contributed by atoms with Crippen molar-refractivity contribution in [2.45, 2.75) is 19.8 Å². The smallest absolute Gasteiger partial charge is 0.260 e. The van der Waals surface area contributed by atoms with E-state index in [2.05, 4.69) is 11.8 Å². The van der Waals surface area contributed by atoms with Crippen LogP contribution < -0.4 is 4.74 Å². The lowest BCUT2D eigenvalue weighted by Crippen LogP contribution is -2.52. The minimum atomic E-state index is -0.00341. The molecule has 0 unspecified atom stereocenters. The Bertz CT molecular complexity index is 592. The Hall–Kier alpha value is -2.08. The summed E-state index contributed by atoms with van der Waals surface area (Å²) >= 11 is 0. The van der Waals surface area contributed by atoms with E-state index in [1.165, 1.54) is 0 Å². The molecule has 2 amide bonds. The maximum atomic E-state index is 12.7. The second kappa shape index (κ2) is 9.03. The number of rotatable bonds is 5. The van der Waals surface area contributed by atoms with Gasteiger partial charge in [0.1, 0.15) is 5.75 Å². The number of hydrogen-bond donors (Lipinski definition) is 0. The van der Waals surface area contributed by atoms with E-state index in [0.717, 1.165) is 45.6 Å². The number of likely N-dealkylation sites (tertiary alicyclic amines) is 1. The number of piperidine rings is 1. The van der Waals surface area contributed by atoms with Crippen LogP contribution >= 0.6 is 0 Å². The molecule has 2 saturated heterocycles. The van der Waals surface area contributed by atoms with Crippen LogP contribution in [0.3, 0.4) is 0 Å². The number of ether oxygens (including phenoxy) is 1. The Kier molecular flexibility index (Phi) is 6.50. The molecule has 1 aromatic rings. The second-order valence-corrected chi connectivity index (χ2v) is 7.02. The van der Waals surface area contributed by atoms with E-state index in [1.54, 1.807) is 0 Å². The number of amides is 2. The van der Waals surface area contributed by atoms with Gasteiger partial charge in [-0.15, -0.1) is 0 Å². The molecule has 0 saturated carbocycles. The van der Waals surface area contributed by atoms with Gasteiger partial charge in [0.15, 0.2) is 6.61 Å². The van der Waals surface area contributed by atoms with Gasteiger partial charge in [-0.05, 0) is 31.5 Å². The van der Waals surface area contributed by atoms with Crippen LogP contribution in [-0.2, 0) is 9.59 Å². The van der Waals surface area contributed by atoms with Gasteiger partial charge in [0, 0.05) is 45.2 Å². The van der Waals surface area contributed by atoms with Crippen LogP contribution in [0.1, 0.15) is 19.8 Å². The number of nitrogens with zero attached hydrogens (tertiary/aromatic N) is 3. The number of piperazine rings is 1. The molecule has 0 N–H and O–H groups in total. The highest BCUT2D eigenvalue weighted by Crippen LogP contribution is 2.21. The fourth-order valence-corrected chi connectivity index (χ4v) is 3.67. The molecule has 0 bridgehead atoms. The molecule has 2 fully saturated rings. The van der Waals surface area contributed by atoms with Crippen LogP contribution in [0.4, 0.5) is 0 Å². The highest BCUT2D eigenvalue weighted by Gasteiger charge is 2.31. The SMILES string of the molecule is CCN1CCN(C(=O)C2CCN(C(=O)COc3ccccc3)CC2)CC1. The van der Waals surface area contributed by atoms with Gasteiger partial charge in [-0.25, -0.2) is 0 Å². The fourth-order valence-electron chi connectivity index (χ4n) is 3.67. The average molecular weight is 359 g/mol. The van der Waals surface area contributed by atoms with E-state index >= 15 is 0 Å². The first-order valence-electron chi connectivity index (χ1n) is 9.64. The van der Waals surface area contributed by atoms with Crippen molar-refractivity contribution < 1.29 is 14.3 Å². The van der Waals surface area contributed by atoms with Crippen molar-refractivity contribution in [2.24, 2.45) is 5.92 Å². The molecule has 0 atom stereocenters. The molecule has 6 nitrogen and oxygen atoms in total. The van der Waals surface area contributed by atoms with Gasteiger partial charge in [-0.1, -0.05) is 25.1 Å². The number of carbonyl (C=O) groups excluding carboxylic acids is 2. The third kappa shape index (κ3) is 4.75. The average Bonchev–Trinajstić information content (AvgIpc) is 2.72. The summed E-state index contributed by atoms with van der Waals surface area (Å²) in [5.41, 5.74) is 0. The van der Waals surface area contributed by atoms with Crippen molar-refractivity contribution in [3.05, 3.63) is 30.3 Å². The Morgan fingerprint density at radius 2 is 1.62 bits per heavy atom. The molecule has 142 valence electrons. The molecule has 2 aliphatic heterocycles. The fraction of sp³-hybridized carbons (Fsp3) is 0.600. The van der Waals surface area contributed by atoms with Gasteiger partial charge >= 0.3 is 0 Å². The summed E-state index contributed by atoms with van der Waals surface area (Å²) in [5.74, 6) is 1.03. The predicted molar refractivity (Wildman–Crippen MR) is 99.9 cm³/mol. The largest absolute Gasteiger partial charge is 0.484 e. The Labute approximate surface area is 155 Å². The monoisotopic (exact) mass is 359 g/mol. The van der Waals surface area contributed by atoms with E-state index in [1.807, 2.05) is 40.1 Å². The number of para-hydroxylation sites is 1. The van der Waals surface area contributed by atoms with Crippen LogP contribution in [0.5, 0.6) is 5.75 Å². The molecule has 2 aliphatic rings. The van der Waals surface area contributed by atoms with Gasteiger partial charge in [0.25, 0.3) is 5.91 Å². The Morgan fingerprint density at radius 1 is 0.962 bits per heavy atom. The number of carbonyl (C=O) groups is 2. The van der Waals surface area contributed by atoms with Gasteiger partial charge in [-0.2, -0.15) is 0 Å². The first-order valence-corrected chi connectivity index (χ1v) is 9.64. The zero-order valence-electron chi connectivity index (χ0n) is 15.6. The molecule has 26 heavy (non-hydrogen) atoms. The van der Waals surface area contributed by atoms with Crippen molar-refractivity contribution >= 4 is 11.8 Å². The van der Waals surface area contributed by atoms with E-state index in [4.69, 9.17) is 4.74 Å². The van der Waals surface area contributed by atoms with Crippen molar-refractivity contribution in [3.63, 3.8) is 0 Å². The quantitative estimate of drug-likeness (QED) is 0.799. The van der Waals surface area contributed by atoms with Crippen molar-refractivity contribution in [3.8, 4) is 5.75 Å². The van der Waals surface area contributed by atoms with Gasteiger partial charge < -0.3 is 19.4 Å². The first-order chi connectivity index (χ1) is 12.7. The summed E-state index contributed by atoms with van der Waals surface area (Å²) in [7, 11) is 0. The lowest BCUT2D eigenvalue weighted by atomic mass is 9.95. The molecule has 2 heterocycles. The van der Waals surface area contributed by atoms with E-state index in [9.17, 15) is 9.59 Å². The number of benzene rings is 1. The summed E-state index contributed by atoms with van der Waals surface area (Å²) < 4.78 is 5.54. The summed E-state index contributed by atoms with van der Waals surface area (Å²) in [5, 5.41) is 0. The zero-order valence-corrected chi connectivity index (χ0v) is 15.6. The van der Waals surface area contributed by atoms with Gasteiger partial charge in [0.05, 0.1) is 0 Å². The molecule has 0 radical (unpaired) electrons. The van der Waals surface area contributed by atoms with E-state index in [-0.39, 0.29) is 24.3 Å². The summed E-state index contributed by atoms with van der Waals surface area (Å²) in [4.78, 5) is 31.2. The standard InChI is InChI=1S/C20H29N3O3/c1-2-21-12-14-23(15-13-21)20(25)17-8-10-22(11-9-17)19(24)16-26-18-6-4-3-5-7-18/h3-7,17H,2,8-16H2,1H3. The van der Waals surface area contributed by atoms with Crippen molar-refractivity contribution in [2.75, 3.05) is 52.4 Å². The second-order valence-electron chi connectivity index (χ2n) is 7.02. The third-order valence-corrected chi connectivity index (χ3v) is 5.43. The Morgan fingerprint density at radius 3 is 2.23 bits per heavy atom. The highest BCUT2D eigenvalue weighted by atomic mass is 16.5. The lowest BCUT2D eigenvalue weighted by Gasteiger charge is -2.38. The third-order valence-electron chi connectivity index (χ3n) is 5.43. The Balaban J connectivity index is 1.41. The van der Waals surface area contributed by atoms with Crippen LogP contribution in [0.15, 0.2) is 30.3 Å². The van der Waals surface area contributed by atoms with Crippen molar-refractivity contribution in [1.82, 2.24) is 14.7 Å². The first kappa shape index (κ1) is 18.7.